The van der Waals surface area contributed by atoms with Gasteiger partial charge in [-0.05, 0) is 31.4 Å². The lowest BCUT2D eigenvalue weighted by atomic mass is 9.97. The first-order chi connectivity index (χ1) is 9.75. The Morgan fingerprint density at radius 2 is 2.30 bits per heavy atom. The molecule has 4 heteroatoms. The van der Waals surface area contributed by atoms with E-state index in [0.717, 1.165) is 25.9 Å². The maximum absolute atomic E-state index is 12.1. The molecule has 0 bridgehead atoms. The van der Waals surface area contributed by atoms with Crippen molar-refractivity contribution in [1.82, 2.24) is 5.32 Å². The first-order valence-electron chi connectivity index (χ1n) is 7.48. The monoisotopic (exact) mass is 274 g/mol. The fourth-order valence-corrected chi connectivity index (χ4v) is 3.19. The molecule has 2 aliphatic heterocycles. The van der Waals surface area contributed by atoms with Gasteiger partial charge in [0.05, 0.1) is 12.0 Å². The molecule has 3 atom stereocenters. The van der Waals surface area contributed by atoms with E-state index in [0.29, 0.717) is 12.5 Å². The van der Waals surface area contributed by atoms with E-state index in [9.17, 15) is 4.79 Å². The maximum Gasteiger partial charge on any atom is 0.225 e. The van der Waals surface area contributed by atoms with Crippen molar-refractivity contribution >= 4 is 11.6 Å². The standard InChI is InChI=1S/C16H22N2O2/c1-11-13(7-9-20-11)16(19)17-8-6-12-10-18-15-5-3-2-4-14(12)15/h2-5,11-13,18H,6-10H2,1H3,(H,17,19). The summed E-state index contributed by atoms with van der Waals surface area (Å²) >= 11 is 0. The molecule has 108 valence electrons. The van der Waals surface area contributed by atoms with E-state index in [1.165, 1.54) is 11.3 Å². The topological polar surface area (TPSA) is 50.4 Å². The quantitative estimate of drug-likeness (QED) is 0.884. The highest BCUT2D eigenvalue weighted by molar-refractivity contribution is 5.79. The molecule has 4 nitrogen and oxygen atoms in total. The van der Waals surface area contributed by atoms with Crippen molar-refractivity contribution in [3.05, 3.63) is 29.8 Å². The summed E-state index contributed by atoms with van der Waals surface area (Å²) in [6, 6.07) is 8.42. The third-order valence-electron chi connectivity index (χ3n) is 4.44. The van der Waals surface area contributed by atoms with E-state index in [-0.39, 0.29) is 17.9 Å². The molecule has 1 fully saturated rings. The zero-order valence-corrected chi connectivity index (χ0v) is 11.9. The van der Waals surface area contributed by atoms with E-state index in [2.05, 4.69) is 34.9 Å². The van der Waals surface area contributed by atoms with Gasteiger partial charge in [0.1, 0.15) is 0 Å². The molecule has 1 amide bonds. The molecule has 2 aliphatic rings. The average Bonchev–Trinajstić information content (AvgIpc) is 3.05. The number of hydrogen-bond acceptors (Lipinski definition) is 3. The molecule has 1 aromatic rings. The fraction of sp³-hybridized carbons (Fsp3) is 0.562. The second kappa shape index (κ2) is 5.83. The molecule has 1 aromatic carbocycles. The third-order valence-corrected chi connectivity index (χ3v) is 4.44. The highest BCUT2D eigenvalue weighted by atomic mass is 16.5. The third kappa shape index (κ3) is 2.66. The molecule has 0 saturated carbocycles. The lowest BCUT2D eigenvalue weighted by Crippen LogP contribution is -2.35. The van der Waals surface area contributed by atoms with Gasteiger partial charge in [-0.25, -0.2) is 0 Å². The predicted molar refractivity (Wildman–Crippen MR) is 78.8 cm³/mol. The van der Waals surface area contributed by atoms with Crippen LogP contribution >= 0.6 is 0 Å². The number of rotatable bonds is 4. The molecular weight excluding hydrogens is 252 g/mol. The zero-order chi connectivity index (χ0) is 13.9. The van der Waals surface area contributed by atoms with Crippen LogP contribution in [0.1, 0.15) is 31.2 Å². The lowest BCUT2D eigenvalue weighted by Gasteiger charge is -2.15. The van der Waals surface area contributed by atoms with Gasteiger partial charge in [0, 0.05) is 31.3 Å². The van der Waals surface area contributed by atoms with Gasteiger partial charge in [-0.2, -0.15) is 0 Å². The van der Waals surface area contributed by atoms with Crippen LogP contribution in [-0.2, 0) is 9.53 Å². The van der Waals surface area contributed by atoms with Gasteiger partial charge in [-0.15, -0.1) is 0 Å². The first kappa shape index (κ1) is 13.4. The number of benzene rings is 1. The van der Waals surface area contributed by atoms with E-state index >= 15 is 0 Å². The summed E-state index contributed by atoms with van der Waals surface area (Å²) in [5.74, 6) is 0.682. The van der Waals surface area contributed by atoms with Gasteiger partial charge in [-0.1, -0.05) is 18.2 Å². The molecule has 0 spiro atoms. The molecule has 0 aromatic heterocycles. The Kier molecular flexibility index (Phi) is 3.92. The number of carbonyl (C=O) groups is 1. The Bertz CT molecular complexity index is 489. The number of amides is 1. The Morgan fingerprint density at radius 1 is 1.45 bits per heavy atom. The minimum Gasteiger partial charge on any atom is -0.384 e. The van der Waals surface area contributed by atoms with Crippen LogP contribution in [0, 0.1) is 5.92 Å². The Balaban J connectivity index is 1.48. The largest absolute Gasteiger partial charge is 0.384 e. The van der Waals surface area contributed by atoms with Crippen molar-refractivity contribution in [2.75, 3.05) is 25.0 Å². The Labute approximate surface area is 119 Å². The van der Waals surface area contributed by atoms with Crippen LogP contribution < -0.4 is 10.6 Å². The zero-order valence-electron chi connectivity index (χ0n) is 11.9. The van der Waals surface area contributed by atoms with Crippen molar-refractivity contribution in [2.24, 2.45) is 5.92 Å². The van der Waals surface area contributed by atoms with Gasteiger partial charge in [0.25, 0.3) is 0 Å². The van der Waals surface area contributed by atoms with Gasteiger partial charge >= 0.3 is 0 Å². The van der Waals surface area contributed by atoms with Gasteiger partial charge in [0.2, 0.25) is 5.91 Å². The second-order valence-electron chi connectivity index (χ2n) is 5.72. The van der Waals surface area contributed by atoms with Crippen molar-refractivity contribution in [3.63, 3.8) is 0 Å². The lowest BCUT2D eigenvalue weighted by molar-refractivity contribution is -0.126. The van der Waals surface area contributed by atoms with Gasteiger partial charge < -0.3 is 15.4 Å². The van der Waals surface area contributed by atoms with E-state index in [1.807, 2.05) is 6.92 Å². The summed E-state index contributed by atoms with van der Waals surface area (Å²) in [7, 11) is 0. The van der Waals surface area contributed by atoms with Crippen LogP contribution in [0.5, 0.6) is 0 Å². The number of anilines is 1. The number of nitrogens with one attached hydrogen (secondary N) is 2. The van der Waals surface area contributed by atoms with Crippen molar-refractivity contribution in [1.29, 1.82) is 0 Å². The highest BCUT2D eigenvalue weighted by Gasteiger charge is 2.30. The number of hydrogen-bond donors (Lipinski definition) is 2. The molecule has 3 rings (SSSR count). The summed E-state index contributed by atoms with van der Waals surface area (Å²) in [5.41, 5.74) is 2.61. The number of carbonyl (C=O) groups excluding carboxylic acids is 1. The molecule has 2 N–H and O–H groups in total. The van der Waals surface area contributed by atoms with E-state index < -0.39 is 0 Å². The summed E-state index contributed by atoms with van der Waals surface area (Å²) in [6.45, 7) is 4.40. The molecule has 3 unspecified atom stereocenters. The molecule has 20 heavy (non-hydrogen) atoms. The van der Waals surface area contributed by atoms with Crippen LogP contribution in [0.15, 0.2) is 24.3 Å². The van der Waals surface area contributed by atoms with Crippen molar-refractivity contribution in [3.8, 4) is 0 Å². The molecule has 2 heterocycles. The average molecular weight is 274 g/mol. The summed E-state index contributed by atoms with van der Waals surface area (Å²) in [6.07, 6.45) is 1.89. The van der Waals surface area contributed by atoms with Crippen LogP contribution in [0.2, 0.25) is 0 Å². The Morgan fingerprint density at radius 3 is 3.10 bits per heavy atom. The van der Waals surface area contributed by atoms with Crippen molar-refractivity contribution in [2.45, 2.75) is 31.8 Å². The Hall–Kier alpha value is -1.55. The van der Waals surface area contributed by atoms with Crippen LogP contribution in [0.25, 0.3) is 0 Å². The first-order valence-corrected chi connectivity index (χ1v) is 7.48. The van der Waals surface area contributed by atoms with Crippen LogP contribution in [-0.4, -0.2) is 31.7 Å². The maximum atomic E-state index is 12.1. The van der Waals surface area contributed by atoms with Gasteiger partial charge in [0.15, 0.2) is 0 Å². The summed E-state index contributed by atoms with van der Waals surface area (Å²) < 4.78 is 5.44. The summed E-state index contributed by atoms with van der Waals surface area (Å²) in [4.78, 5) is 12.1. The van der Waals surface area contributed by atoms with E-state index in [1.54, 1.807) is 0 Å². The SMILES string of the molecule is CC1OCCC1C(=O)NCCC1CNc2ccccc21. The van der Waals surface area contributed by atoms with Crippen LogP contribution in [0.4, 0.5) is 5.69 Å². The predicted octanol–water partition coefficient (Wildman–Crippen LogP) is 2.13. The molecule has 0 aliphatic carbocycles. The van der Waals surface area contributed by atoms with Crippen molar-refractivity contribution < 1.29 is 9.53 Å². The molecular formula is C16H22N2O2. The van der Waals surface area contributed by atoms with E-state index in [4.69, 9.17) is 4.74 Å². The molecule has 0 radical (unpaired) electrons. The number of ether oxygens (including phenoxy) is 1. The second-order valence-corrected chi connectivity index (χ2v) is 5.72. The minimum absolute atomic E-state index is 0.0315. The van der Waals surface area contributed by atoms with Crippen LogP contribution in [0.3, 0.4) is 0 Å². The number of para-hydroxylation sites is 1. The molecule has 1 saturated heterocycles. The highest BCUT2D eigenvalue weighted by Crippen LogP contribution is 2.32. The smallest absolute Gasteiger partial charge is 0.225 e. The van der Waals surface area contributed by atoms with Gasteiger partial charge in [-0.3, -0.25) is 4.79 Å². The minimum atomic E-state index is 0.0315. The number of fused-ring (bicyclic) bond motifs is 1. The summed E-state index contributed by atoms with van der Waals surface area (Å²) in [5, 5.41) is 6.48. The normalized spacial score (nSPS) is 27.9. The fourth-order valence-electron chi connectivity index (χ4n) is 3.19.